The molecule has 2 rings (SSSR count). The second-order valence-electron chi connectivity index (χ2n) is 4.34. The molecule has 0 radical (unpaired) electrons. The first kappa shape index (κ1) is 12.8. The molecule has 0 unspecified atom stereocenters. The third-order valence-corrected chi connectivity index (χ3v) is 2.96. The second-order valence-corrected chi connectivity index (χ2v) is 4.34. The molecule has 1 aromatic rings. The summed E-state index contributed by atoms with van der Waals surface area (Å²) in [6.45, 7) is 1.30. The Morgan fingerprint density at radius 1 is 1.33 bits per heavy atom. The number of piperidine rings is 1. The van der Waals surface area contributed by atoms with Crippen molar-refractivity contribution in [1.29, 1.82) is 0 Å². The molecule has 1 aliphatic rings. The predicted molar refractivity (Wildman–Crippen MR) is 63.3 cm³/mol. The maximum atomic E-state index is 13.0. The molecule has 1 N–H and O–H groups in total. The summed E-state index contributed by atoms with van der Waals surface area (Å²) >= 11 is 0. The first-order valence-corrected chi connectivity index (χ1v) is 6.06. The van der Waals surface area contributed by atoms with E-state index in [9.17, 15) is 14.3 Å². The van der Waals surface area contributed by atoms with E-state index in [1.807, 2.05) is 0 Å². The number of nitrogens with zero attached hydrogens (tertiary/aromatic N) is 1. The zero-order chi connectivity index (χ0) is 13.0. The van der Waals surface area contributed by atoms with E-state index in [-0.39, 0.29) is 5.56 Å². The molecule has 1 aliphatic heterocycles. The Morgan fingerprint density at radius 2 is 2.06 bits per heavy atom. The Kier molecular flexibility index (Phi) is 4.15. The Bertz CT molecular complexity index is 418. The minimum atomic E-state index is -1.42. The average Bonchev–Trinajstić information content (AvgIpc) is 2.39. The van der Waals surface area contributed by atoms with Crippen LogP contribution in [0.1, 0.15) is 31.1 Å². The highest BCUT2D eigenvalue weighted by Crippen LogP contribution is 2.18. The van der Waals surface area contributed by atoms with Crippen molar-refractivity contribution in [2.45, 2.75) is 25.6 Å². The summed E-state index contributed by atoms with van der Waals surface area (Å²) in [5, 5.41) is 9.71. The van der Waals surface area contributed by atoms with Crippen molar-refractivity contribution in [2.75, 3.05) is 13.1 Å². The van der Waals surface area contributed by atoms with Crippen LogP contribution in [0.25, 0.3) is 0 Å². The van der Waals surface area contributed by atoms with Gasteiger partial charge in [-0.15, -0.1) is 0 Å². The van der Waals surface area contributed by atoms with Crippen molar-refractivity contribution < 1.29 is 19.0 Å². The van der Waals surface area contributed by atoms with Crippen LogP contribution in [0.15, 0.2) is 24.3 Å². The molecule has 5 heteroatoms. The number of ether oxygens (including phenoxy) is 1. The summed E-state index contributed by atoms with van der Waals surface area (Å²) in [5.41, 5.74) is 0.236. The van der Waals surface area contributed by atoms with Gasteiger partial charge >= 0.3 is 6.09 Å². The SMILES string of the molecule is O=C(O[C@@H](O)c1cccc(F)c1)N1CCCCC1. The first-order valence-electron chi connectivity index (χ1n) is 6.06. The summed E-state index contributed by atoms with van der Waals surface area (Å²) < 4.78 is 17.9. The summed E-state index contributed by atoms with van der Waals surface area (Å²) in [5.74, 6) is -0.472. The number of hydrogen-bond acceptors (Lipinski definition) is 3. The topological polar surface area (TPSA) is 49.8 Å². The van der Waals surface area contributed by atoms with Crippen LogP contribution in [0.4, 0.5) is 9.18 Å². The number of amides is 1. The average molecular weight is 253 g/mol. The Morgan fingerprint density at radius 3 is 2.72 bits per heavy atom. The summed E-state index contributed by atoms with van der Waals surface area (Å²) in [6, 6.07) is 5.39. The fraction of sp³-hybridized carbons (Fsp3) is 0.462. The Labute approximate surface area is 105 Å². The molecule has 1 fully saturated rings. The minimum Gasteiger partial charge on any atom is -0.415 e. The number of aliphatic hydroxyl groups is 1. The highest BCUT2D eigenvalue weighted by atomic mass is 19.1. The molecular formula is C13H16FNO3. The molecule has 4 nitrogen and oxygen atoms in total. The first-order chi connectivity index (χ1) is 8.66. The van der Waals surface area contributed by atoms with Crippen molar-refractivity contribution in [1.82, 2.24) is 4.90 Å². The second kappa shape index (κ2) is 5.82. The van der Waals surface area contributed by atoms with Gasteiger partial charge in [0.1, 0.15) is 5.82 Å². The molecule has 1 saturated heterocycles. The minimum absolute atomic E-state index is 0.236. The molecule has 1 amide bonds. The number of benzene rings is 1. The molecule has 1 aromatic carbocycles. The number of hydrogen-bond donors (Lipinski definition) is 1. The van der Waals surface area contributed by atoms with Crippen LogP contribution in [0, 0.1) is 5.82 Å². The molecule has 1 atom stereocenters. The molecule has 1 heterocycles. The largest absolute Gasteiger partial charge is 0.415 e. The number of rotatable bonds is 2. The van der Waals surface area contributed by atoms with E-state index in [1.165, 1.54) is 18.2 Å². The molecular weight excluding hydrogens is 237 g/mol. The summed E-state index contributed by atoms with van der Waals surface area (Å²) in [4.78, 5) is 13.3. The van der Waals surface area contributed by atoms with Crippen LogP contribution in [0.5, 0.6) is 0 Å². The van der Waals surface area contributed by atoms with Crippen LogP contribution in [-0.4, -0.2) is 29.2 Å². The van der Waals surface area contributed by atoms with E-state index < -0.39 is 18.2 Å². The molecule has 18 heavy (non-hydrogen) atoms. The lowest BCUT2D eigenvalue weighted by atomic mass is 10.1. The fourth-order valence-electron chi connectivity index (χ4n) is 1.97. The molecule has 0 bridgehead atoms. The maximum Gasteiger partial charge on any atom is 0.412 e. The van der Waals surface area contributed by atoms with Crippen LogP contribution in [-0.2, 0) is 4.74 Å². The third kappa shape index (κ3) is 3.20. The summed E-state index contributed by atoms with van der Waals surface area (Å²) in [7, 11) is 0. The molecule has 0 spiro atoms. The van der Waals surface area contributed by atoms with Gasteiger partial charge in [0.05, 0.1) is 0 Å². The van der Waals surface area contributed by atoms with Crippen molar-refractivity contribution in [2.24, 2.45) is 0 Å². The monoisotopic (exact) mass is 253 g/mol. The van der Waals surface area contributed by atoms with Gasteiger partial charge < -0.3 is 14.7 Å². The van der Waals surface area contributed by atoms with Gasteiger partial charge in [-0.05, 0) is 31.4 Å². The van der Waals surface area contributed by atoms with E-state index >= 15 is 0 Å². The normalized spacial score (nSPS) is 17.3. The number of carbonyl (C=O) groups is 1. The number of aliphatic hydroxyl groups excluding tert-OH is 1. The van der Waals surface area contributed by atoms with Crippen LogP contribution >= 0.6 is 0 Å². The molecule has 0 aliphatic carbocycles. The number of likely N-dealkylation sites (tertiary alicyclic amines) is 1. The lowest BCUT2D eigenvalue weighted by Crippen LogP contribution is -2.36. The highest BCUT2D eigenvalue weighted by Gasteiger charge is 2.21. The van der Waals surface area contributed by atoms with Gasteiger partial charge in [0.15, 0.2) is 0 Å². The van der Waals surface area contributed by atoms with Crippen molar-refractivity contribution in [3.05, 3.63) is 35.6 Å². The Balaban J connectivity index is 1.94. The van der Waals surface area contributed by atoms with Crippen LogP contribution in [0.2, 0.25) is 0 Å². The van der Waals surface area contributed by atoms with Gasteiger partial charge in [-0.2, -0.15) is 0 Å². The molecule has 0 aromatic heterocycles. The zero-order valence-corrected chi connectivity index (χ0v) is 10.0. The van der Waals surface area contributed by atoms with Crippen LogP contribution in [0.3, 0.4) is 0 Å². The van der Waals surface area contributed by atoms with Crippen LogP contribution < -0.4 is 0 Å². The van der Waals surface area contributed by atoms with Gasteiger partial charge in [0, 0.05) is 18.7 Å². The smallest absolute Gasteiger partial charge is 0.412 e. The van der Waals surface area contributed by atoms with Gasteiger partial charge in [0.2, 0.25) is 6.29 Å². The lowest BCUT2D eigenvalue weighted by Gasteiger charge is -2.27. The van der Waals surface area contributed by atoms with Gasteiger partial charge in [-0.3, -0.25) is 0 Å². The van der Waals surface area contributed by atoms with E-state index in [4.69, 9.17) is 4.74 Å². The standard InChI is InChI=1S/C13H16FNO3/c14-11-6-4-5-10(9-11)12(16)18-13(17)15-7-2-1-3-8-15/h4-6,9,12,16H,1-3,7-8H2/t12-/m1/s1. The van der Waals surface area contributed by atoms with E-state index in [1.54, 1.807) is 4.90 Å². The van der Waals surface area contributed by atoms with Gasteiger partial charge in [-0.25, -0.2) is 9.18 Å². The number of halogens is 1. The summed E-state index contributed by atoms with van der Waals surface area (Å²) in [6.07, 6.45) is 1.04. The van der Waals surface area contributed by atoms with E-state index in [2.05, 4.69) is 0 Å². The Hall–Kier alpha value is -1.62. The lowest BCUT2D eigenvalue weighted by molar-refractivity contribution is -0.0683. The third-order valence-electron chi connectivity index (χ3n) is 2.96. The van der Waals surface area contributed by atoms with Crippen molar-refractivity contribution in [3.63, 3.8) is 0 Å². The van der Waals surface area contributed by atoms with E-state index in [0.717, 1.165) is 25.3 Å². The van der Waals surface area contributed by atoms with Gasteiger partial charge in [-0.1, -0.05) is 12.1 Å². The number of carbonyl (C=O) groups excluding carboxylic acids is 1. The maximum absolute atomic E-state index is 13.0. The highest BCUT2D eigenvalue weighted by molar-refractivity contribution is 5.67. The fourth-order valence-corrected chi connectivity index (χ4v) is 1.97. The van der Waals surface area contributed by atoms with E-state index in [0.29, 0.717) is 13.1 Å². The molecule has 0 saturated carbocycles. The van der Waals surface area contributed by atoms with Crippen molar-refractivity contribution in [3.8, 4) is 0 Å². The predicted octanol–water partition coefficient (Wildman–Crippen LogP) is 2.44. The van der Waals surface area contributed by atoms with Crippen molar-refractivity contribution >= 4 is 6.09 Å². The van der Waals surface area contributed by atoms with Gasteiger partial charge in [0.25, 0.3) is 0 Å². The molecule has 98 valence electrons. The quantitative estimate of drug-likeness (QED) is 0.823. The zero-order valence-electron chi connectivity index (χ0n) is 10.0.